The molecule has 1 N–H and O–H groups in total. The lowest BCUT2D eigenvalue weighted by Gasteiger charge is -2.43. The first-order valence-electron chi connectivity index (χ1n) is 7.52. The summed E-state index contributed by atoms with van der Waals surface area (Å²) in [5.74, 6) is 1.10. The quantitative estimate of drug-likeness (QED) is 0.874. The molecule has 3 heteroatoms. The number of rotatable bonds is 3. The van der Waals surface area contributed by atoms with Gasteiger partial charge in [-0.3, -0.25) is 0 Å². The molecule has 3 rings (SSSR count). The maximum atomic E-state index is 6.33. The Bertz CT molecular complexity index is 532. The number of benzene rings is 1. The number of ether oxygens (including phenoxy) is 1. The second-order valence-corrected chi connectivity index (χ2v) is 8.43. The van der Waals surface area contributed by atoms with Gasteiger partial charge in [0.15, 0.2) is 0 Å². The van der Waals surface area contributed by atoms with Gasteiger partial charge in [0.25, 0.3) is 0 Å². The van der Waals surface area contributed by atoms with E-state index in [1.165, 1.54) is 24.0 Å². The first-order chi connectivity index (χ1) is 9.27. The van der Waals surface area contributed by atoms with E-state index in [1.807, 2.05) is 0 Å². The lowest BCUT2D eigenvalue weighted by atomic mass is 9.73. The second-order valence-electron chi connectivity index (χ2n) is 7.52. The van der Waals surface area contributed by atoms with Gasteiger partial charge in [-0.15, -0.1) is 0 Å². The molecule has 110 valence electrons. The zero-order valence-corrected chi connectivity index (χ0v) is 14.4. The highest BCUT2D eigenvalue weighted by atomic mass is 79.9. The van der Waals surface area contributed by atoms with Crippen molar-refractivity contribution in [3.63, 3.8) is 0 Å². The summed E-state index contributed by atoms with van der Waals surface area (Å²) in [6, 6.07) is 5.14. The Labute approximate surface area is 130 Å². The molecule has 2 nitrogen and oxygen atoms in total. The summed E-state index contributed by atoms with van der Waals surface area (Å²) in [5.41, 5.74) is 2.66. The van der Waals surface area contributed by atoms with Gasteiger partial charge in [-0.05, 0) is 50.7 Å². The number of hydrogen-bond donors (Lipinski definition) is 1. The third-order valence-corrected chi connectivity index (χ3v) is 4.72. The molecule has 0 unspecified atom stereocenters. The fourth-order valence-corrected chi connectivity index (χ4v) is 3.92. The fraction of sp³-hybridized carbons (Fsp3) is 0.647. The molecule has 0 amide bonds. The highest BCUT2D eigenvalue weighted by molar-refractivity contribution is 9.10. The van der Waals surface area contributed by atoms with Crippen LogP contribution in [0.25, 0.3) is 0 Å². The summed E-state index contributed by atoms with van der Waals surface area (Å²) in [6.07, 6.45) is 3.67. The van der Waals surface area contributed by atoms with Gasteiger partial charge in [0, 0.05) is 28.2 Å². The van der Waals surface area contributed by atoms with Crippen molar-refractivity contribution in [1.82, 2.24) is 5.32 Å². The maximum Gasteiger partial charge on any atom is 0.128 e. The Morgan fingerprint density at radius 1 is 1.25 bits per heavy atom. The van der Waals surface area contributed by atoms with Crippen LogP contribution in [-0.4, -0.2) is 11.6 Å². The van der Waals surface area contributed by atoms with E-state index in [0.29, 0.717) is 6.04 Å². The van der Waals surface area contributed by atoms with Crippen LogP contribution in [0.4, 0.5) is 0 Å². The summed E-state index contributed by atoms with van der Waals surface area (Å²) in [5, 5.41) is 3.60. The van der Waals surface area contributed by atoms with Crippen molar-refractivity contribution < 1.29 is 4.74 Å². The SMILES string of the molecule is CC1(C)CC(C)(C)c2cc(Br)cc(CNC3CC3)c2O1. The van der Waals surface area contributed by atoms with Gasteiger partial charge in [-0.1, -0.05) is 29.8 Å². The van der Waals surface area contributed by atoms with E-state index in [1.54, 1.807) is 0 Å². The zero-order chi connectivity index (χ0) is 14.5. The average Bonchev–Trinajstić information content (AvgIpc) is 3.09. The van der Waals surface area contributed by atoms with Gasteiger partial charge in [0.1, 0.15) is 11.4 Å². The lowest BCUT2D eigenvalue weighted by molar-refractivity contribution is 0.0520. The molecular formula is C17H24BrNO. The number of fused-ring (bicyclic) bond motifs is 1. The molecule has 1 fully saturated rings. The van der Waals surface area contributed by atoms with Crippen molar-refractivity contribution in [3.8, 4) is 5.75 Å². The molecule has 2 aliphatic rings. The van der Waals surface area contributed by atoms with Crippen LogP contribution in [0, 0.1) is 0 Å². The smallest absolute Gasteiger partial charge is 0.128 e. The average molecular weight is 338 g/mol. The molecule has 1 aromatic carbocycles. The zero-order valence-electron chi connectivity index (χ0n) is 12.8. The molecule has 0 saturated heterocycles. The second kappa shape index (κ2) is 4.74. The van der Waals surface area contributed by atoms with E-state index in [4.69, 9.17) is 4.74 Å². The van der Waals surface area contributed by atoms with Gasteiger partial charge in [-0.25, -0.2) is 0 Å². The summed E-state index contributed by atoms with van der Waals surface area (Å²) >= 11 is 3.66. The minimum absolute atomic E-state index is 0.0986. The molecule has 1 aliphatic heterocycles. The molecule has 20 heavy (non-hydrogen) atoms. The van der Waals surface area contributed by atoms with Crippen LogP contribution in [0.5, 0.6) is 5.75 Å². The third kappa shape index (κ3) is 2.89. The highest BCUT2D eigenvalue weighted by Crippen LogP contribution is 2.47. The Hall–Kier alpha value is -0.540. The van der Waals surface area contributed by atoms with Gasteiger partial charge >= 0.3 is 0 Å². The molecule has 0 bridgehead atoms. The Kier molecular flexibility index (Phi) is 3.41. The van der Waals surface area contributed by atoms with Crippen molar-refractivity contribution >= 4 is 15.9 Å². The first-order valence-corrected chi connectivity index (χ1v) is 8.31. The predicted molar refractivity (Wildman–Crippen MR) is 86.4 cm³/mol. The van der Waals surface area contributed by atoms with Crippen LogP contribution in [0.2, 0.25) is 0 Å². The number of nitrogens with one attached hydrogen (secondary N) is 1. The van der Waals surface area contributed by atoms with Gasteiger partial charge in [0.2, 0.25) is 0 Å². The van der Waals surface area contributed by atoms with Crippen LogP contribution in [0.3, 0.4) is 0 Å². The van der Waals surface area contributed by atoms with Gasteiger partial charge in [-0.2, -0.15) is 0 Å². The lowest BCUT2D eigenvalue weighted by Crippen LogP contribution is -2.42. The van der Waals surface area contributed by atoms with Crippen molar-refractivity contribution in [3.05, 3.63) is 27.7 Å². The molecule has 1 aromatic rings. The van der Waals surface area contributed by atoms with E-state index in [0.717, 1.165) is 23.2 Å². The van der Waals surface area contributed by atoms with Crippen molar-refractivity contribution in [2.24, 2.45) is 0 Å². The van der Waals surface area contributed by atoms with Crippen molar-refractivity contribution in [2.75, 3.05) is 0 Å². The minimum Gasteiger partial charge on any atom is -0.487 e. The molecule has 1 heterocycles. The van der Waals surface area contributed by atoms with Crippen molar-refractivity contribution in [2.45, 2.75) is 70.6 Å². The van der Waals surface area contributed by atoms with E-state index in [-0.39, 0.29) is 11.0 Å². The largest absolute Gasteiger partial charge is 0.487 e. The van der Waals surface area contributed by atoms with Crippen LogP contribution < -0.4 is 10.1 Å². The highest BCUT2D eigenvalue weighted by Gasteiger charge is 2.40. The first kappa shape index (κ1) is 14.4. The van der Waals surface area contributed by atoms with Crippen LogP contribution >= 0.6 is 15.9 Å². The van der Waals surface area contributed by atoms with Gasteiger partial charge < -0.3 is 10.1 Å². The van der Waals surface area contributed by atoms with Crippen LogP contribution in [0.15, 0.2) is 16.6 Å². The molecule has 0 radical (unpaired) electrons. The molecule has 0 spiro atoms. The Morgan fingerprint density at radius 3 is 2.60 bits per heavy atom. The number of hydrogen-bond acceptors (Lipinski definition) is 2. The van der Waals surface area contributed by atoms with Crippen molar-refractivity contribution in [1.29, 1.82) is 0 Å². The van der Waals surface area contributed by atoms with E-state index < -0.39 is 0 Å². The molecule has 1 aliphatic carbocycles. The Morgan fingerprint density at radius 2 is 1.95 bits per heavy atom. The van der Waals surface area contributed by atoms with E-state index >= 15 is 0 Å². The van der Waals surface area contributed by atoms with E-state index in [2.05, 4.69) is 61.1 Å². The van der Waals surface area contributed by atoms with E-state index in [9.17, 15) is 0 Å². The monoisotopic (exact) mass is 337 g/mol. The summed E-state index contributed by atoms with van der Waals surface area (Å²) in [7, 11) is 0. The topological polar surface area (TPSA) is 21.3 Å². The standard InChI is InChI=1S/C17H24BrNO/c1-16(2)10-17(3,4)20-15-11(9-19-13-5-6-13)7-12(18)8-14(15)16/h7-8,13,19H,5-6,9-10H2,1-4H3. The molecular weight excluding hydrogens is 314 g/mol. The summed E-state index contributed by atoms with van der Waals surface area (Å²) < 4.78 is 7.49. The number of halogens is 1. The molecule has 1 saturated carbocycles. The molecule has 0 aromatic heterocycles. The normalized spacial score (nSPS) is 23.1. The third-order valence-electron chi connectivity index (χ3n) is 4.26. The molecule has 0 atom stereocenters. The van der Waals surface area contributed by atoms with Gasteiger partial charge in [0.05, 0.1) is 0 Å². The maximum absolute atomic E-state index is 6.33. The summed E-state index contributed by atoms with van der Waals surface area (Å²) in [4.78, 5) is 0. The Balaban J connectivity index is 2.00. The van der Waals surface area contributed by atoms with Crippen LogP contribution in [0.1, 0.15) is 58.1 Å². The fourth-order valence-electron chi connectivity index (χ4n) is 3.42. The van der Waals surface area contributed by atoms with Crippen LogP contribution in [-0.2, 0) is 12.0 Å². The predicted octanol–water partition coefficient (Wildman–Crippen LogP) is 4.54. The summed E-state index contributed by atoms with van der Waals surface area (Å²) in [6.45, 7) is 9.93. The minimum atomic E-state index is -0.0986.